The van der Waals surface area contributed by atoms with E-state index >= 15 is 0 Å². The van der Waals surface area contributed by atoms with Crippen molar-refractivity contribution >= 4 is 10.8 Å². The van der Waals surface area contributed by atoms with E-state index in [1.54, 1.807) is 0 Å². The van der Waals surface area contributed by atoms with Crippen LogP contribution in [0.4, 0.5) is 0 Å². The zero-order valence-corrected chi connectivity index (χ0v) is 11.3. The van der Waals surface area contributed by atoms with Crippen LogP contribution in [0.1, 0.15) is 13.3 Å². The first-order valence-corrected chi connectivity index (χ1v) is 6.75. The fourth-order valence-corrected chi connectivity index (χ4v) is 1.88. The van der Waals surface area contributed by atoms with E-state index in [0.717, 1.165) is 17.6 Å². The van der Waals surface area contributed by atoms with Gasteiger partial charge in [-0.15, -0.1) is 0 Å². The van der Waals surface area contributed by atoms with Gasteiger partial charge in [0.1, 0.15) is 12.4 Å². The third-order valence-electron chi connectivity index (χ3n) is 3.09. The van der Waals surface area contributed by atoms with Crippen LogP contribution in [0.15, 0.2) is 42.5 Å². The number of hydrogen-bond acceptors (Lipinski definition) is 3. The zero-order chi connectivity index (χ0) is 13.5. The first kappa shape index (κ1) is 13.8. The second-order valence-corrected chi connectivity index (χ2v) is 4.57. The topological polar surface area (TPSA) is 44.5 Å². The highest BCUT2D eigenvalue weighted by Gasteiger charge is 2.02. The van der Waals surface area contributed by atoms with Gasteiger partial charge in [0.15, 0.2) is 0 Å². The van der Waals surface area contributed by atoms with Gasteiger partial charge in [0.2, 0.25) is 0 Å². The Bertz CT molecular complexity index is 508. The van der Waals surface area contributed by atoms with Gasteiger partial charge in [0.25, 0.3) is 0 Å². The van der Waals surface area contributed by atoms with Gasteiger partial charge >= 0.3 is 0 Å². The molecule has 19 heavy (non-hydrogen) atoms. The minimum absolute atomic E-state index is 0.123. The summed E-state index contributed by atoms with van der Waals surface area (Å²) in [4.78, 5) is 0. The Hall–Kier alpha value is -1.58. The highest BCUT2D eigenvalue weighted by atomic mass is 16.5. The van der Waals surface area contributed by atoms with Crippen molar-refractivity contribution < 1.29 is 9.47 Å². The lowest BCUT2D eigenvalue weighted by molar-refractivity contribution is 0.0902. The van der Waals surface area contributed by atoms with Gasteiger partial charge in [-0.1, -0.05) is 43.3 Å². The van der Waals surface area contributed by atoms with Crippen LogP contribution in [0.2, 0.25) is 0 Å². The SMILES string of the molecule is CCC(N)COCCOc1cccc2ccccc12. The molecule has 3 heteroatoms. The standard InChI is InChI=1S/C16H21NO2/c1-2-14(17)12-18-10-11-19-16-9-5-7-13-6-3-4-8-15(13)16/h3-9,14H,2,10-12,17H2,1H3. The second-order valence-electron chi connectivity index (χ2n) is 4.57. The van der Waals surface area contributed by atoms with Gasteiger partial charge in [0, 0.05) is 11.4 Å². The quantitative estimate of drug-likeness (QED) is 0.777. The van der Waals surface area contributed by atoms with E-state index in [1.165, 1.54) is 5.39 Å². The summed E-state index contributed by atoms with van der Waals surface area (Å²) in [6.45, 7) is 3.76. The smallest absolute Gasteiger partial charge is 0.127 e. The molecule has 102 valence electrons. The van der Waals surface area contributed by atoms with Crippen molar-refractivity contribution in [3.05, 3.63) is 42.5 Å². The van der Waals surface area contributed by atoms with Crippen LogP contribution < -0.4 is 10.5 Å². The summed E-state index contributed by atoms with van der Waals surface area (Å²) in [6.07, 6.45) is 0.935. The van der Waals surface area contributed by atoms with Crippen molar-refractivity contribution in [2.45, 2.75) is 19.4 Å². The minimum Gasteiger partial charge on any atom is -0.491 e. The lowest BCUT2D eigenvalue weighted by Crippen LogP contribution is -2.26. The summed E-state index contributed by atoms with van der Waals surface area (Å²) in [7, 11) is 0. The Kier molecular flexibility index (Phi) is 5.19. The first-order valence-electron chi connectivity index (χ1n) is 6.75. The van der Waals surface area contributed by atoms with Gasteiger partial charge < -0.3 is 15.2 Å². The van der Waals surface area contributed by atoms with Crippen LogP contribution in [0.3, 0.4) is 0 Å². The fourth-order valence-electron chi connectivity index (χ4n) is 1.88. The number of nitrogens with two attached hydrogens (primary N) is 1. The molecule has 0 amide bonds. The molecule has 1 unspecified atom stereocenters. The Labute approximate surface area is 114 Å². The van der Waals surface area contributed by atoms with E-state index in [9.17, 15) is 0 Å². The van der Waals surface area contributed by atoms with E-state index in [1.807, 2.05) is 24.3 Å². The Morgan fingerprint density at radius 2 is 1.84 bits per heavy atom. The highest BCUT2D eigenvalue weighted by molar-refractivity contribution is 5.88. The maximum atomic E-state index is 5.77. The molecule has 0 spiro atoms. The summed E-state index contributed by atoms with van der Waals surface area (Å²) in [5.41, 5.74) is 5.77. The number of fused-ring (bicyclic) bond motifs is 1. The Morgan fingerprint density at radius 1 is 1.05 bits per heavy atom. The highest BCUT2D eigenvalue weighted by Crippen LogP contribution is 2.24. The van der Waals surface area contributed by atoms with E-state index in [0.29, 0.717) is 19.8 Å². The molecule has 0 bridgehead atoms. The van der Waals surface area contributed by atoms with E-state index in [4.69, 9.17) is 15.2 Å². The third-order valence-corrected chi connectivity index (χ3v) is 3.09. The minimum atomic E-state index is 0.123. The van der Waals surface area contributed by atoms with Crippen molar-refractivity contribution in [2.75, 3.05) is 19.8 Å². The van der Waals surface area contributed by atoms with Gasteiger partial charge in [0.05, 0.1) is 13.2 Å². The van der Waals surface area contributed by atoms with Crippen molar-refractivity contribution in [1.29, 1.82) is 0 Å². The van der Waals surface area contributed by atoms with Gasteiger partial charge in [-0.05, 0) is 17.9 Å². The van der Waals surface area contributed by atoms with Crippen molar-refractivity contribution in [1.82, 2.24) is 0 Å². The van der Waals surface area contributed by atoms with Crippen molar-refractivity contribution in [2.24, 2.45) is 5.73 Å². The molecule has 0 aliphatic rings. The molecular formula is C16H21NO2. The zero-order valence-electron chi connectivity index (χ0n) is 11.3. The van der Waals surface area contributed by atoms with Crippen LogP contribution in [-0.2, 0) is 4.74 Å². The van der Waals surface area contributed by atoms with Crippen LogP contribution in [0.5, 0.6) is 5.75 Å². The van der Waals surface area contributed by atoms with Crippen LogP contribution in [0, 0.1) is 0 Å². The molecule has 0 saturated heterocycles. The summed E-state index contributed by atoms with van der Waals surface area (Å²) < 4.78 is 11.2. The molecule has 0 fully saturated rings. The molecule has 0 aromatic heterocycles. The van der Waals surface area contributed by atoms with E-state index < -0.39 is 0 Å². The van der Waals surface area contributed by atoms with Crippen LogP contribution in [-0.4, -0.2) is 25.9 Å². The van der Waals surface area contributed by atoms with Crippen LogP contribution in [0.25, 0.3) is 10.8 Å². The molecule has 0 aliphatic carbocycles. The molecule has 2 aromatic rings. The predicted molar refractivity (Wildman–Crippen MR) is 78.5 cm³/mol. The number of rotatable bonds is 7. The third kappa shape index (κ3) is 3.94. The fraction of sp³-hybridized carbons (Fsp3) is 0.375. The lowest BCUT2D eigenvalue weighted by atomic mass is 10.1. The summed E-state index contributed by atoms with van der Waals surface area (Å²) in [6, 6.07) is 14.4. The largest absolute Gasteiger partial charge is 0.491 e. The van der Waals surface area contributed by atoms with Gasteiger partial charge in [-0.3, -0.25) is 0 Å². The maximum Gasteiger partial charge on any atom is 0.127 e. The number of benzene rings is 2. The molecule has 2 aromatic carbocycles. The molecule has 2 N–H and O–H groups in total. The Morgan fingerprint density at radius 3 is 2.68 bits per heavy atom. The first-order chi connectivity index (χ1) is 9.31. The van der Waals surface area contributed by atoms with Gasteiger partial charge in [-0.25, -0.2) is 0 Å². The normalized spacial score (nSPS) is 12.5. The van der Waals surface area contributed by atoms with Gasteiger partial charge in [-0.2, -0.15) is 0 Å². The monoisotopic (exact) mass is 259 g/mol. The summed E-state index contributed by atoms with van der Waals surface area (Å²) >= 11 is 0. The number of hydrogen-bond donors (Lipinski definition) is 1. The molecule has 0 aliphatic heterocycles. The van der Waals surface area contributed by atoms with Crippen LogP contribution >= 0.6 is 0 Å². The summed E-state index contributed by atoms with van der Waals surface area (Å²) in [5.74, 6) is 0.904. The van der Waals surface area contributed by atoms with Crippen molar-refractivity contribution in [3.63, 3.8) is 0 Å². The molecule has 0 radical (unpaired) electrons. The molecule has 3 nitrogen and oxygen atoms in total. The maximum absolute atomic E-state index is 5.77. The van der Waals surface area contributed by atoms with Crippen molar-refractivity contribution in [3.8, 4) is 5.75 Å². The second kappa shape index (κ2) is 7.12. The average molecular weight is 259 g/mol. The average Bonchev–Trinajstić information content (AvgIpc) is 2.46. The Balaban J connectivity index is 1.85. The molecular weight excluding hydrogens is 238 g/mol. The molecule has 1 atom stereocenters. The summed E-state index contributed by atoms with van der Waals surface area (Å²) in [5, 5.41) is 2.32. The number of ether oxygens (including phenoxy) is 2. The van der Waals surface area contributed by atoms with E-state index in [-0.39, 0.29) is 6.04 Å². The van der Waals surface area contributed by atoms with E-state index in [2.05, 4.69) is 25.1 Å². The molecule has 0 heterocycles. The molecule has 0 saturated carbocycles. The predicted octanol–water partition coefficient (Wildman–Crippen LogP) is 2.97. The molecule has 2 rings (SSSR count). The lowest BCUT2D eigenvalue weighted by Gasteiger charge is -2.11.